The fourth-order valence-corrected chi connectivity index (χ4v) is 1.79. The van der Waals surface area contributed by atoms with Gasteiger partial charge in [-0.1, -0.05) is 19.4 Å². The third-order valence-corrected chi connectivity index (χ3v) is 2.92. The van der Waals surface area contributed by atoms with E-state index in [9.17, 15) is 0 Å². The molecule has 0 radical (unpaired) electrons. The number of rotatable bonds is 7. The lowest BCUT2D eigenvalue weighted by atomic mass is 10.3. The second kappa shape index (κ2) is 9.18. The van der Waals surface area contributed by atoms with E-state index in [1.165, 1.54) is 12.8 Å². The van der Waals surface area contributed by atoms with Crippen LogP contribution >= 0.6 is 0 Å². The molecule has 0 fully saturated rings. The zero-order chi connectivity index (χ0) is 14.8. The number of pyridine rings is 1. The smallest absolute Gasteiger partial charge is 0.213 e. The van der Waals surface area contributed by atoms with Crippen molar-refractivity contribution in [3.8, 4) is 5.88 Å². The normalized spacial score (nSPS) is 11.3. The number of hydrogen-bond donors (Lipinski definition) is 1. The van der Waals surface area contributed by atoms with Gasteiger partial charge in [0.2, 0.25) is 5.88 Å². The number of unbranched alkanes of at least 4 members (excludes halogenated alkanes) is 1. The van der Waals surface area contributed by atoms with Crippen molar-refractivity contribution in [1.29, 1.82) is 0 Å². The Morgan fingerprint density at radius 2 is 2.20 bits per heavy atom. The van der Waals surface area contributed by atoms with E-state index in [1.54, 1.807) is 7.11 Å². The van der Waals surface area contributed by atoms with Gasteiger partial charge in [-0.25, -0.2) is 9.98 Å². The molecule has 20 heavy (non-hydrogen) atoms. The van der Waals surface area contributed by atoms with Gasteiger partial charge in [-0.3, -0.25) is 0 Å². The zero-order valence-corrected chi connectivity index (χ0v) is 13.0. The average molecular weight is 278 g/mol. The summed E-state index contributed by atoms with van der Waals surface area (Å²) in [4.78, 5) is 11.2. The molecular formula is C15H26N4O. The molecule has 0 aliphatic rings. The molecule has 0 aliphatic heterocycles. The van der Waals surface area contributed by atoms with Gasteiger partial charge in [-0.05, 0) is 19.4 Å². The van der Waals surface area contributed by atoms with Gasteiger partial charge in [-0.15, -0.1) is 0 Å². The average Bonchev–Trinajstić information content (AvgIpc) is 2.49. The van der Waals surface area contributed by atoms with Crippen molar-refractivity contribution in [2.75, 3.05) is 27.2 Å². The first-order valence-corrected chi connectivity index (χ1v) is 7.20. The molecule has 0 amide bonds. The van der Waals surface area contributed by atoms with Gasteiger partial charge in [0.05, 0.1) is 19.3 Å². The summed E-state index contributed by atoms with van der Waals surface area (Å²) in [5, 5.41) is 3.31. The van der Waals surface area contributed by atoms with Crippen LogP contribution in [0, 0.1) is 0 Å². The highest BCUT2D eigenvalue weighted by Gasteiger charge is 2.05. The van der Waals surface area contributed by atoms with Crippen LogP contribution in [0.4, 0.5) is 0 Å². The standard InChI is InChI=1S/C15H26N4O/c1-5-7-11-19(3)15(16-6-2)17-12-13-9-8-10-14(18-13)20-4/h8-10H,5-7,11-12H2,1-4H3,(H,16,17). The van der Waals surface area contributed by atoms with Crippen LogP contribution in [0.5, 0.6) is 5.88 Å². The minimum atomic E-state index is 0.552. The van der Waals surface area contributed by atoms with Crippen LogP contribution in [0.15, 0.2) is 23.2 Å². The van der Waals surface area contributed by atoms with Crippen LogP contribution in [-0.2, 0) is 6.54 Å². The summed E-state index contributed by atoms with van der Waals surface area (Å²) in [6.45, 7) is 6.69. The number of nitrogens with one attached hydrogen (secondary N) is 1. The number of methoxy groups -OCH3 is 1. The Hall–Kier alpha value is -1.78. The van der Waals surface area contributed by atoms with Crippen molar-refractivity contribution in [3.05, 3.63) is 23.9 Å². The van der Waals surface area contributed by atoms with E-state index < -0.39 is 0 Å². The van der Waals surface area contributed by atoms with Gasteiger partial charge < -0.3 is 15.0 Å². The molecule has 5 nitrogen and oxygen atoms in total. The largest absolute Gasteiger partial charge is 0.481 e. The number of ether oxygens (including phenoxy) is 1. The van der Waals surface area contributed by atoms with Crippen molar-refractivity contribution in [2.45, 2.75) is 33.2 Å². The number of nitrogens with zero attached hydrogens (tertiary/aromatic N) is 3. The maximum Gasteiger partial charge on any atom is 0.213 e. The summed E-state index contributed by atoms with van der Waals surface area (Å²) in [7, 11) is 3.69. The monoisotopic (exact) mass is 278 g/mol. The van der Waals surface area contributed by atoms with Gasteiger partial charge in [0.1, 0.15) is 0 Å². The van der Waals surface area contributed by atoms with Crippen molar-refractivity contribution >= 4 is 5.96 Å². The highest BCUT2D eigenvalue weighted by atomic mass is 16.5. The number of guanidine groups is 1. The molecule has 1 N–H and O–H groups in total. The molecule has 1 aromatic rings. The van der Waals surface area contributed by atoms with Crippen molar-refractivity contribution in [1.82, 2.24) is 15.2 Å². The molecule has 112 valence electrons. The fraction of sp³-hybridized carbons (Fsp3) is 0.600. The van der Waals surface area contributed by atoms with Gasteiger partial charge in [0.25, 0.3) is 0 Å². The zero-order valence-electron chi connectivity index (χ0n) is 13.0. The number of hydrogen-bond acceptors (Lipinski definition) is 3. The molecule has 0 spiro atoms. The minimum absolute atomic E-state index is 0.552. The Bertz CT molecular complexity index is 420. The van der Waals surface area contributed by atoms with E-state index in [0.717, 1.165) is 24.7 Å². The molecule has 0 aliphatic carbocycles. The minimum Gasteiger partial charge on any atom is -0.481 e. The summed E-state index contributed by atoms with van der Waals surface area (Å²) in [6, 6.07) is 5.73. The fourth-order valence-electron chi connectivity index (χ4n) is 1.79. The first-order chi connectivity index (χ1) is 9.71. The van der Waals surface area contributed by atoms with Crippen LogP contribution in [0.3, 0.4) is 0 Å². The van der Waals surface area contributed by atoms with Crippen LogP contribution in [0.25, 0.3) is 0 Å². The maximum atomic E-state index is 5.12. The van der Waals surface area contributed by atoms with Crippen LogP contribution in [0.2, 0.25) is 0 Å². The first kappa shape index (κ1) is 16.3. The third kappa shape index (κ3) is 5.47. The SMILES string of the molecule is CCCCN(C)C(=NCc1cccc(OC)n1)NCC. The molecule has 0 saturated carbocycles. The summed E-state index contributed by atoms with van der Waals surface area (Å²) in [6.07, 6.45) is 2.35. The molecule has 0 saturated heterocycles. The van der Waals surface area contributed by atoms with E-state index in [0.29, 0.717) is 12.4 Å². The molecule has 0 unspecified atom stereocenters. The van der Waals surface area contributed by atoms with E-state index in [1.807, 2.05) is 18.2 Å². The lowest BCUT2D eigenvalue weighted by Crippen LogP contribution is -2.39. The third-order valence-electron chi connectivity index (χ3n) is 2.92. The van der Waals surface area contributed by atoms with Crippen LogP contribution in [0.1, 0.15) is 32.4 Å². The van der Waals surface area contributed by atoms with Crippen molar-refractivity contribution in [3.63, 3.8) is 0 Å². The molecular weight excluding hydrogens is 252 g/mol. The highest BCUT2D eigenvalue weighted by molar-refractivity contribution is 5.79. The lowest BCUT2D eigenvalue weighted by Gasteiger charge is -2.21. The lowest BCUT2D eigenvalue weighted by molar-refractivity contribution is 0.396. The Kier molecular flexibility index (Phi) is 7.47. The quantitative estimate of drug-likeness (QED) is 0.614. The Balaban J connectivity index is 2.69. The maximum absolute atomic E-state index is 5.12. The second-order valence-electron chi connectivity index (χ2n) is 4.62. The van der Waals surface area contributed by atoms with E-state index >= 15 is 0 Å². The van der Waals surface area contributed by atoms with Crippen molar-refractivity contribution in [2.24, 2.45) is 4.99 Å². The molecule has 0 atom stereocenters. The van der Waals surface area contributed by atoms with Crippen molar-refractivity contribution < 1.29 is 4.74 Å². The molecule has 0 aromatic carbocycles. The molecule has 1 heterocycles. The van der Waals surface area contributed by atoms with Gasteiger partial charge in [0.15, 0.2) is 5.96 Å². The van der Waals surface area contributed by atoms with Gasteiger partial charge in [0, 0.05) is 26.2 Å². The van der Waals surface area contributed by atoms with Gasteiger partial charge >= 0.3 is 0 Å². The second-order valence-corrected chi connectivity index (χ2v) is 4.62. The summed E-state index contributed by atoms with van der Waals surface area (Å²) >= 11 is 0. The highest BCUT2D eigenvalue weighted by Crippen LogP contribution is 2.07. The van der Waals surface area contributed by atoms with Crippen LogP contribution < -0.4 is 10.1 Å². The van der Waals surface area contributed by atoms with Crippen LogP contribution in [-0.4, -0.2) is 43.1 Å². The molecule has 1 rings (SSSR count). The number of aromatic nitrogens is 1. The summed E-state index contributed by atoms with van der Waals surface area (Å²) in [5.41, 5.74) is 0.906. The Morgan fingerprint density at radius 1 is 1.40 bits per heavy atom. The van der Waals surface area contributed by atoms with E-state index in [2.05, 4.69) is 41.1 Å². The van der Waals surface area contributed by atoms with E-state index in [4.69, 9.17) is 4.74 Å². The Morgan fingerprint density at radius 3 is 2.85 bits per heavy atom. The van der Waals surface area contributed by atoms with E-state index in [-0.39, 0.29) is 0 Å². The molecule has 1 aromatic heterocycles. The topological polar surface area (TPSA) is 49.8 Å². The first-order valence-electron chi connectivity index (χ1n) is 7.20. The summed E-state index contributed by atoms with van der Waals surface area (Å²) in [5.74, 6) is 1.55. The predicted molar refractivity (Wildman–Crippen MR) is 83.1 cm³/mol. The molecule has 0 bridgehead atoms. The number of aliphatic imine (C=N–C) groups is 1. The van der Waals surface area contributed by atoms with Gasteiger partial charge in [-0.2, -0.15) is 0 Å². The predicted octanol–water partition coefficient (Wildman–Crippen LogP) is 2.29. The summed E-state index contributed by atoms with van der Waals surface area (Å²) < 4.78 is 5.12. The Labute approximate surface area is 122 Å². The molecule has 5 heteroatoms.